The Morgan fingerprint density at radius 3 is 0.782 bits per heavy atom. The molecule has 1 unspecified atom stereocenters. The van der Waals surface area contributed by atoms with Crippen LogP contribution in [0.1, 0.15) is 416 Å². The van der Waals surface area contributed by atoms with E-state index in [4.69, 9.17) is 0 Å². The van der Waals surface area contributed by atoms with Crippen molar-refractivity contribution in [1.82, 2.24) is 0 Å². The van der Waals surface area contributed by atoms with Gasteiger partial charge in [-0.1, -0.05) is 378 Å². The Morgan fingerprint density at radius 2 is 0.756 bits per heavy atom. The third-order valence-corrected chi connectivity index (χ3v) is 17.7. The van der Waals surface area contributed by atoms with E-state index in [9.17, 15) is 0 Å². The fraction of sp³-hybridized carbons (Fsp3) is 1.00. The molecule has 0 aromatic carbocycles. The standard InChI is InChI=1S/5C6H12.8C6H14/c1-5-4-6(5,2)3;1-5(2)6-3-4-6;1-3-6(2)4-5-6;1-3-6-4-5(6)2;1-2-3-6-4-5-6;2*1-5-6(2,3)4;1-5(2)6(3)4;2*1-4-5-6(2)3;2*1-4-6(3)5-2;1-3-5-6-4-2/h5H,4H2,1-3H3;5-6H,3-4H2,1-2H3;3-5H2,1-2H3;5-6H,3-4H2,1-2H3;6H,2-5H2,1H3;2*5H2,1-4H3;5-6H,1-4H3;4*6H,4-5H2,1-3H3;3-6H2,1-2H3/t5-;;;5-,6?;;;;;;;;;/m0..0........./s1. The minimum absolute atomic E-state index is 0.542. The van der Waals surface area contributed by atoms with Gasteiger partial charge in [0.05, 0.1) is 0 Å². The normalized spacial score (nSPS) is 18.3. The quantitative estimate of drug-likeness (QED) is 0.127. The summed E-state index contributed by atoms with van der Waals surface area (Å²) in [5.74, 6) is 11.7. The molecule has 5 fully saturated rings. The van der Waals surface area contributed by atoms with Crippen LogP contribution in [-0.2, 0) is 0 Å². The van der Waals surface area contributed by atoms with Gasteiger partial charge in [-0.2, -0.15) is 0 Å². The lowest BCUT2D eigenvalue weighted by Crippen LogP contribution is -2.00. The highest BCUT2D eigenvalue weighted by Gasteiger charge is 2.41. The fourth-order valence-electron chi connectivity index (χ4n) is 6.07. The van der Waals surface area contributed by atoms with Gasteiger partial charge in [0.1, 0.15) is 0 Å². The first-order valence-corrected chi connectivity index (χ1v) is 35.8. The molecule has 3 atom stereocenters. The zero-order valence-electron chi connectivity index (χ0n) is 63.3. The van der Waals surface area contributed by atoms with E-state index < -0.39 is 0 Å². The zero-order chi connectivity index (χ0) is 63.3. The monoisotopic (exact) mass is 1110 g/mol. The second-order valence-electron chi connectivity index (χ2n) is 31.2. The Balaban J connectivity index is -0.000000113. The van der Waals surface area contributed by atoms with Crippen molar-refractivity contribution in [2.24, 2.45) is 92.7 Å². The molecule has 5 aliphatic rings. The highest BCUT2D eigenvalue weighted by atomic mass is 14.5. The summed E-state index contributed by atoms with van der Waals surface area (Å²) in [6.45, 7) is 81.3. The summed E-state index contributed by atoms with van der Waals surface area (Å²) in [6.07, 6.45) is 36.4. The maximum Gasteiger partial charge on any atom is -0.0326 e. The summed E-state index contributed by atoms with van der Waals surface area (Å²) in [5, 5.41) is 0. The van der Waals surface area contributed by atoms with Crippen LogP contribution in [0.5, 0.6) is 0 Å². The fourth-order valence-corrected chi connectivity index (χ4v) is 6.07. The largest absolute Gasteiger partial charge is 0.0654 e. The van der Waals surface area contributed by atoms with Crippen LogP contribution in [0.2, 0.25) is 0 Å². The lowest BCUT2D eigenvalue weighted by Gasteiger charge is -2.12. The van der Waals surface area contributed by atoms with Crippen molar-refractivity contribution in [3.05, 3.63) is 0 Å². The van der Waals surface area contributed by atoms with Crippen molar-refractivity contribution in [3.8, 4) is 0 Å². The average Bonchev–Trinajstić information content (AvgIpc) is 4.10. The lowest BCUT2D eigenvalue weighted by molar-refractivity contribution is 0.397. The number of rotatable bonds is 17. The van der Waals surface area contributed by atoms with Crippen molar-refractivity contribution in [2.45, 2.75) is 416 Å². The second-order valence-corrected chi connectivity index (χ2v) is 31.2. The average molecular weight is 1110 g/mol. The predicted molar refractivity (Wildman–Crippen MR) is 376 cm³/mol. The Kier molecular flexibility index (Phi) is 72.8. The van der Waals surface area contributed by atoms with Crippen molar-refractivity contribution in [1.29, 1.82) is 0 Å². The van der Waals surface area contributed by atoms with Gasteiger partial charge >= 0.3 is 0 Å². The van der Waals surface area contributed by atoms with E-state index in [0.29, 0.717) is 16.2 Å². The third-order valence-electron chi connectivity index (χ3n) is 17.7. The minimum atomic E-state index is 0.542. The Hall–Kier alpha value is 0. The van der Waals surface area contributed by atoms with Gasteiger partial charge in [0.25, 0.3) is 0 Å². The molecule has 0 aromatic heterocycles. The molecule has 0 radical (unpaired) electrons. The molecule has 0 heterocycles. The molecular weight excluding hydrogens is 937 g/mol. The van der Waals surface area contributed by atoms with Crippen molar-refractivity contribution in [2.75, 3.05) is 0 Å². The molecule has 5 aliphatic carbocycles. The molecular formula is C78H172. The summed E-state index contributed by atoms with van der Waals surface area (Å²) in [7, 11) is 0. The summed E-state index contributed by atoms with van der Waals surface area (Å²) in [6, 6.07) is 0. The number of unbranched alkanes of at least 4 members (excludes halogenated alkanes) is 3. The number of hydrogen-bond donors (Lipinski definition) is 0. The molecule has 0 heteroatoms. The van der Waals surface area contributed by atoms with Crippen LogP contribution >= 0.6 is 0 Å². The van der Waals surface area contributed by atoms with Gasteiger partial charge in [-0.05, 0) is 131 Å². The van der Waals surface area contributed by atoms with E-state index in [-0.39, 0.29) is 0 Å². The summed E-state index contributed by atoms with van der Waals surface area (Å²) < 4.78 is 0. The summed E-state index contributed by atoms with van der Waals surface area (Å²) in [5.41, 5.74) is 2.58. The first-order chi connectivity index (χ1) is 35.8. The molecule has 5 rings (SSSR count). The topological polar surface area (TPSA) is 0 Å². The van der Waals surface area contributed by atoms with Crippen molar-refractivity contribution >= 4 is 0 Å². The van der Waals surface area contributed by atoms with Crippen LogP contribution in [0, 0.1) is 92.7 Å². The molecule has 0 aromatic rings. The maximum atomic E-state index is 2.35. The molecule has 0 bridgehead atoms. The van der Waals surface area contributed by atoms with E-state index in [1.165, 1.54) is 167 Å². The van der Waals surface area contributed by atoms with Gasteiger partial charge in [-0.3, -0.25) is 0 Å². The Labute approximate surface area is 506 Å². The highest BCUT2D eigenvalue weighted by Crippen LogP contribution is 2.51. The van der Waals surface area contributed by atoms with Crippen LogP contribution in [0.3, 0.4) is 0 Å². The van der Waals surface area contributed by atoms with Crippen LogP contribution in [0.15, 0.2) is 0 Å². The molecule has 0 amide bonds. The Bertz CT molecular complexity index is 966. The first-order valence-electron chi connectivity index (χ1n) is 35.8. The van der Waals surface area contributed by atoms with Gasteiger partial charge in [-0.15, -0.1) is 0 Å². The van der Waals surface area contributed by atoms with E-state index in [0.717, 1.165) is 76.4 Å². The smallest absolute Gasteiger partial charge is 0.0326 e. The van der Waals surface area contributed by atoms with Gasteiger partial charge in [0, 0.05) is 0 Å². The van der Waals surface area contributed by atoms with E-state index in [1.807, 2.05) is 0 Å². The molecule has 78 heavy (non-hydrogen) atoms. The molecule has 0 aliphatic heterocycles. The van der Waals surface area contributed by atoms with E-state index in [1.54, 1.807) is 0 Å². The SMILES string of the molecule is CC(C)C(C)C.CC(C)C1CC1.CCC(C)(C)C.CCC(C)(C)C.CCC(C)CC.CCC(C)CC.CCC1(C)CC1.CCC1C[C@@H]1C.CCCC(C)C.CCCC(C)C.CCCC1CC1.CCCCCC.C[C@H]1CC1(C)C. The first kappa shape index (κ1) is 94.4. The maximum absolute atomic E-state index is 2.35. The molecule has 484 valence electrons. The number of hydrogen-bond acceptors (Lipinski definition) is 0. The predicted octanol–water partition coefficient (Wildman–Crippen LogP) is 30.1. The summed E-state index contributed by atoms with van der Waals surface area (Å²) in [4.78, 5) is 0. The van der Waals surface area contributed by atoms with Gasteiger partial charge in [0.15, 0.2) is 0 Å². The molecule has 5 saturated carbocycles. The summed E-state index contributed by atoms with van der Waals surface area (Å²) >= 11 is 0. The molecule has 0 saturated heterocycles. The van der Waals surface area contributed by atoms with Gasteiger partial charge < -0.3 is 0 Å². The zero-order valence-corrected chi connectivity index (χ0v) is 63.3. The Morgan fingerprint density at radius 1 is 0.462 bits per heavy atom. The van der Waals surface area contributed by atoms with E-state index >= 15 is 0 Å². The van der Waals surface area contributed by atoms with Crippen LogP contribution < -0.4 is 0 Å². The minimum Gasteiger partial charge on any atom is -0.0654 e. The molecule has 0 nitrogen and oxygen atoms in total. The molecule has 0 spiro atoms. The van der Waals surface area contributed by atoms with Crippen molar-refractivity contribution in [3.63, 3.8) is 0 Å². The van der Waals surface area contributed by atoms with E-state index in [2.05, 4.69) is 249 Å². The second kappa shape index (κ2) is 60.1. The highest BCUT2D eigenvalue weighted by molar-refractivity contribution is 4.91. The third kappa shape index (κ3) is 101. The van der Waals surface area contributed by atoms with Gasteiger partial charge in [-0.25, -0.2) is 0 Å². The van der Waals surface area contributed by atoms with Crippen LogP contribution in [0.25, 0.3) is 0 Å². The van der Waals surface area contributed by atoms with Crippen molar-refractivity contribution < 1.29 is 0 Å². The van der Waals surface area contributed by atoms with Gasteiger partial charge in [0.2, 0.25) is 0 Å². The lowest BCUT2D eigenvalue weighted by atomic mass is 9.94. The van der Waals surface area contributed by atoms with Crippen LogP contribution in [0.4, 0.5) is 0 Å². The van der Waals surface area contributed by atoms with Crippen LogP contribution in [-0.4, -0.2) is 0 Å². The molecule has 0 N–H and O–H groups in total.